The molecule has 0 amide bonds. The average Bonchev–Trinajstić information content (AvgIpc) is 2.47. The predicted molar refractivity (Wildman–Crippen MR) is 82.1 cm³/mol. The van der Waals surface area contributed by atoms with Gasteiger partial charge in [-0.15, -0.1) is 0 Å². The fraction of sp³-hybridized carbons (Fsp3) is 0.688. The zero-order valence-electron chi connectivity index (χ0n) is 13.2. The molecule has 0 saturated carbocycles. The van der Waals surface area contributed by atoms with Crippen molar-refractivity contribution in [3.63, 3.8) is 0 Å². The lowest BCUT2D eigenvalue weighted by Crippen LogP contribution is -2.23. The van der Waals surface area contributed by atoms with Gasteiger partial charge in [-0.3, -0.25) is 4.98 Å². The molecule has 1 aromatic heterocycles. The molecule has 1 heterocycles. The van der Waals surface area contributed by atoms with E-state index in [1.165, 1.54) is 5.56 Å². The van der Waals surface area contributed by atoms with Crippen molar-refractivity contribution in [2.75, 3.05) is 20.3 Å². The first kappa shape index (κ1) is 16.9. The number of ether oxygens (including phenoxy) is 2. The van der Waals surface area contributed by atoms with Crippen LogP contribution in [0.1, 0.15) is 51.6 Å². The monoisotopic (exact) mass is 280 g/mol. The molecule has 114 valence electrons. The molecule has 4 nitrogen and oxygen atoms in total. The molecule has 2 unspecified atom stereocenters. The molecule has 1 aromatic rings. The Morgan fingerprint density at radius 3 is 2.70 bits per heavy atom. The van der Waals surface area contributed by atoms with E-state index in [0.717, 1.165) is 31.6 Å². The maximum Gasteiger partial charge on any atom is 0.137 e. The Hall–Kier alpha value is -1.13. The summed E-state index contributed by atoms with van der Waals surface area (Å²) >= 11 is 0. The number of rotatable bonds is 10. The molecule has 0 aromatic carbocycles. The second-order valence-electron chi connectivity index (χ2n) is 5.02. The number of hydrogen-bond donors (Lipinski definition) is 1. The largest absolute Gasteiger partial charge is 0.492 e. The van der Waals surface area contributed by atoms with Crippen molar-refractivity contribution in [1.29, 1.82) is 0 Å². The van der Waals surface area contributed by atoms with Crippen LogP contribution in [0.25, 0.3) is 0 Å². The molecule has 2 atom stereocenters. The van der Waals surface area contributed by atoms with Gasteiger partial charge >= 0.3 is 0 Å². The predicted octanol–water partition coefficient (Wildman–Crippen LogP) is 3.34. The topological polar surface area (TPSA) is 43.4 Å². The Morgan fingerprint density at radius 1 is 1.25 bits per heavy atom. The molecule has 20 heavy (non-hydrogen) atoms. The van der Waals surface area contributed by atoms with E-state index in [4.69, 9.17) is 9.47 Å². The van der Waals surface area contributed by atoms with E-state index < -0.39 is 0 Å². The minimum atomic E-state index is 0.281. The van der Waals surface area contributed by atoms with E-state index in [9.17, 15) is 0 Å². The quantitative estimate of drug-likeness (QED) is 0.714. The first-order valence-corrected chi connectivity index (χ1v) is 7.55. The summed E-state index contributed by atoms with van der Waals surface area (Å²) in [6.45, 7) is 7.94. The fourth-order valence-electron chi connectivity index (χ4n) is 2.10. The highest BCUT2D eigenvalue weighted by Crippen LogP contribution is 2.23. The summed E-state index contributed by atoms with van der Waals surface area (Å²) in [6.07, 6.45) is 7.15. The van der Waals surface area contributed by atoms with Gasteiger partial charge in [-0.1, -0.05) is 6.92 Å². The van der Waals surface area contributed by atoms with Crippen LogP contribution in [0.5, 0.6) is 5.75 Å². The van der Waals surface area contributed by atoms with Crippen molar-refractivity contribution in [3.8, 4) is 5.75 Å². The Kier molecular flexibility index (Phi) is 8.23. The smallest absolute Gasteiger partial charge is 0.137 e. The first-order chi connectivity index (χ1) is 9.71. The molecule has 0 aliphatic carbocycles. The summed E-state index contributed by atoms with van der Waals surface area (Å²) in [5.74, 6) is 0.841. The van der Waals surface area contributed by atoms with Gasteiger partial charge in [0.05, 0.1) is 18.9 Å². The highest BCUT2D eigenvalue weighted by atomic mass is 16.5. The van der Waals surface area contributed by atoms with Crippen LogP contribution in [0.2, 0.25) is 0 Å². The van der Waals surface area contributed by atoms with Crippen molar-refractivity contribution >= 4 is 0 Å². The van der Waals surface area contributed by atoms with E-state index in [1.54, 1.807) is 13.3 Å². The van der Waals surface area contributed by atoms with Gasteiger partial charge in [0.25, 0.3) is 0 Å². The van der Waals surface area contributed by atoms with Crippen molar-refractivity contribution in [3.05, 3.63) is 24.0 Å². The Balaban J connectivity index is 2.72. The van der Waals surface area contributed by atoms with E-state index in [0.29, 0.717) is 12.6 Å². The van der Waals surface area contributed by atoms with Crippen LogP contribution in [0.3, 0.4) is 0 Å². The highest BCUT2D eigenvalue weighted by molar-refractivity contribution is 5.26. The van der Waals surface area contributed by atoms with Gasteiger partial charge in [-0.05, 0) is 51.3 Å². The molecule has 0 spiro atoms. The van der Waals surface area contributed by atoms with Gasteiger partial charge in [0, 0.05) is 19.3 Å². The number of aromatic nitrogens is 1. The lowest BCUT2D eigenvalue weighted by atomic mass is 10.0. The number of pyridine rings is 1. The molecule has 0 fully saturated rings. The van der Waals surface area contributed by atoms with Gasteiger partial charge < -0.3 is 14.8 Å². The van der Waals surface area contributed by atoms with Crippen LogP contribution < -0.4 is 10.1 Å². The van der Waals surface area contributed by atoms with E-state index >= 15 is 0 Å². The lowest BCUT2D eigenvalue weighted by Gasteiger charge is -2.21. The maximum atomic E-state index is 5.53. The van der Waals surface area contributed by atoms with Gasteiger partial charge in [0.1, 0.15) is 5.75 Å². The zero-order chi connectivity index (χ0) is 14.8. The summed E-state index contributed by atoms with van der Waals surface area (Å²) in [7, 11) is 1.76. The highest BCUT2D eigenvalue weighted by Gasteiger charge is 2.13. The summed E-state index contributed by atoms with van der Waals surface area (Å²) in [5, 5.41) is 3.58. The summed E-state index contributed by atoms with van der Waals surface area (Å²) in [4.78, 5) is 4.28. The van der Waals surface area contributed by atoms with Gasteiger partial charge in [-0.25, -0.2) is 0 Å². The van der Waals surface area contributed by atoms with Gasteiger partial charge in [0.2, 0.25) is 0 Å². The van der Waals surface area contributed by atoms with Crippen molar-refractivity contribution < 1.29 is 9.47 Å². The normalized spacial score (nSPS) is 14.0. The summed E-state index contributed by atoms with van der Waals surface area (Å²) < 4.78 is 10.9. The van der Waals surface area contributed by atoms with E-state index in [-0.39, 0.29) is 6.10 Å². The maximum absolute atomic E-state index is 5.53. The van der Waals surface area contributed by atoms with Crippen molar-refractivity contribution in [2.24, 2.45) is 0 Å². The minimum Gasteiger partial charge on any atom is -0.492 e. The molecule has 1 N–H and O–H groups in total. The second kappa shape index (κ2) is 9.72. The summed E-state index contributed by atoms with van der Waals surface area (Å²) in [6, 6.07) is 2.39. The second-order valence-corrected chi connectivity index (χ2v) is 5.02. The van der Waals surface area contributed by atoms with Gasteiger partial charge in [0.15, 0.2) is 0 Å². The summed E-state index contributed by atoms with van der Waals surface area (Å²) in [5.41, 5.74) is 1.19. The van der Waals surface area contributed by atoms with E-state index in [2.05, 4.69) is 30.2 Å². The molecule has 4 heteroatoms. The van der Waals surface area contributed by atoms with Crippen molar-refractivity contribution in [1.82, 2.24) is 10.3 Å². The molecule has 0 radical (unpaired) electrons. The van der Waals surface area contributed by atoms with Crippen LogP contribution in [-0.2, 0) is 4.74 Å². The molecule has 1 rings (SSSR count). The molecule has 0 bridgehead atoms. The van der Waals surface area contributed by atoms with Crippen LogP contribution in [0.4, 0.5) is 0 Å². The molecular formula is C16H28N2O2. The fourth-order valence-corrected chi connectivity index (χ4v) is 2.10. The molecule has 0 aliphatic heterocycles. The lowest BCUT2D eigenvalue weighted by molar-refractivity contribution is 0.106. The molecule has 0 saturated heterocycles. The van der Waals surface area contributed by atoms with E-state index in [1.807, 2.05) is 13.1 Å². The van der Waals surface area contributed by atoms with Crippen LogP contribution in [0.15, 0.2) is 18.5 Å². The number of nitrogens with one attached hydrogen (secondary N) is 1. The Labute approximate surface area is 122 Å². The zero-order valence-corrected chi connectivity index (χ0v) is 13.2. The molecule has 0 aliphatic rings. The third kappa shape index (κ3) is 5.88. The molecular weight excluding hydrogens is 252 g/mol. The Bertz CT molecular complexity index is 371. The standard InChI is InChI=1S/C16H28N2O2/c1-5-9-18-16(8-7-13(3)19-4)14-10-15(20-6-2)12-17-11-14/h10-13,16,18H,5-9H2,1-4H3. The number of nitrogens with zero attached hydrogens (tertiary/aromatic N) is 1. The minimum absolute atomic E-state index is 0.281. The van der Waals surface area contributed by atoms with Crippen LogP contribution in [-0.4, -0.2) is 31.3 Å². The third-order valence-corrected chi connectivity index (χ3v) is 3.35. The van der Waals surface area contributed by atoms with Crippen LogP contribution in [0, 0.1) is 0 Å². The number of methoxy groups -OCH3 is 1. The van der Waals surface area contributed by atoms with Gasteiger partial charge in [-0.2, -0.15) is 0 Å². The average molecular weight is 280 g/mol. The van der Waals surface area contributed by atoms with Crippen LogP contribution >= 0.6 is 0 Å². The Morgan fingerprint density at radius 2 is 2.05 bits per heavy atom. The first-order valence-electron chi connectivity index (χ1n) is 7.55. The SMILES string of the molecule is CCCNC(CCC(C)OC)c1cncc(OCC)c1. The third-order valence-electron chi connectivity index (χ3n) is 3.35. The number of hydrogen-bond acceptors (Lipinski definition) is 4. The van der Waals surface area contributed by atoms with Crippen molar-refractivity contribution in [2.45, 2.75) is 52.2 Å².